The van der Waals surface area contributed by atoms with Gasteiger partial charge in [-0.25, -0.2) is 4.98 Å². The molecular formula is C20H20N2O. The van der Waals surface area contributed by atoms with Crippen LogP contribution in [-0.2, 0) is 12.8 Å². The molecule has 0 radical (unpaired) electrons. The Morgan fingerprint density at radius 3 is 2.26 bits per heavy atom. The summed E-state index contributed by atoms with van der Waals surface area (Å²) in [6, 6.07) is 10.2. The highest BCUT2D eigenvalue weighted by atomic mass is 16.3. The lowest BCUT2D eigenvalue weighted by molar-refractivity contribution is 0.619. The fourth-order valence-electron chi connectivity index (χ4n) is 2.68. The van der Waals surface area contributed by atoms with E-state index in [0.29, 0.717) is 17.1 Å². The molecule has 0 aliphatic heterocycles. The number of nitrogens with zero attached hydrogens (tertiary/aromatic N) is 2. The van der Waals surface area contributed by atoms with Crippen molar-refractivity contribution in [1.29, 1.82) is 0 Å². The molecular weight excluding hydrogens is 284 g/mol. The Hall–Kier alpha value is -2.68. The number of benzene rings is 1. The van der Waals surface area contributed by atoms with E-state index < -0.39 is 0 Å². The van der Waals surface area contributed by atoms with Crippen LogP contribution in [0, 0.1) is 0 Å². The number of hydrogen-bond donors (Lipinski definition) is 0. The molecule has 0 spiro atoms. The largest absolute Gasteiger partial charge is 0.434 e. The van der Waals surface area contributed by atoms with Gasteiger partial charge in [-0.1, -0.05) is 30.4 Å². The molecule has 2 heterocycles. The first-order chi connectivity index (χ1) is 11.0. The van der Waals surface area contributed by atoms with E-state index in [1.54, 1.807) is 6.20 Å². The van der Waals surface area contributed by atoms with Crippen molar-refractivity contribution in [2.24, 2.45) is 0 Å². The highest BCUT2D eigenvalue weighted by molar-refractivity contribution is 5.72. The van der Waals surface area contributed by atoms with Gasteiger partial charge < -0.3 is 4.42 Å². The topological polar surface area (TPSA) is 38.9 Å². The van der Waals surface area contributed by atoms with Crippen molar-refractivity contribution in [3.05, 3.63) is 72.0 Å². The van der Waals surface area contributed by atoms with E-state index >= 15 is 0 Å². The summed E-state index contributed by atoms with van der Waals surface area (Å²) in [4.78, 5) is 8.74. The maximum absolute atomic E-state index is 5.86. The van der Waals surface area contributed by atoms with Crippen LogP contribution >= 0.6 is 0 Å². The third kappa shape index (κ3) is 3.57. The molecule has 0 unspecified atom stereocenters. The van der Waals surface area contributed by atoms with Gasteiger partial charge in [0.05, 0.1) is 0 Å². The number of pyridine rings is 1. The Balaban J connectivity index is 2.08. The van der Waals surface area contributed by atoms with Gasteiger partial charge in [-0.2, -0.15) is 4.98 Å². The number of aromatic nitrogens is 2. The van der Waals surface area contributed by atoms with Gasteiger partial charge >= 0.3 is 0 Å². The molecule has 2 aromatic heterocycles. The molecule has 3 aromatic rings. The number of oxazole rings is 1. The first kappa shape index (κ1) is 15.2. The third-order valence-corrected chi connectivity index (χ3v) is 3.48. The van der Waals surface area contributed by atoms with Gasteiger partial charge in [-0.3, -0.25) is 0 Å². The minimum absolute atomic E-state index is 0.602. The molecule has 0 aliphatic carbocycles. The van der Waals surface area contributed by atoms with Crippen LogP contribution in [0.15, 0.2) is 65.2 Å². The standard InChI is InChI=1S/C20H20N2O/c1-13(2)8-15-10-16(9-14(3)4)12-17(11-15)20-22-19-18(23-20)6-5-7-21-19/h5-7,10-12H,1,3,8-9H2,2,4H3. The van der Waals surface area contributed by atoms with Crippen molar-refractivity contribution >= 4 is 11.2 Å². The van der Waals surface area contributed by atoms with E-state index in [9.17, 15) is 0 Å². The summed E-state index contributed by atoms with van der Waals surface area (Å²) in [7, 11) is 0. The summed E-state index contributed by atoms with van der Waals surface area (Å²) >= 11 is 0. The average molecular weight is 304 g/mol. The van der Waals surface area contributed by atoms with Crippen LogP contribution in [0.2, 0.25) is 0 Å². The minimum atomic E-state index is 0.602. The van der Waals surface area contributed by atoms with Crippen LogP contribution in [0.4, 0.5) is 0 Å². The van der Waals surface area contributed by atoms with Crippen molar-refractivity contribution in [3.8, 4) is 11.5 Å². The summed E-state index contributed by atoms with van der Waals surface area (Å²) in [6.45, 7) is 12.1. The Bertz CT molecular complexity index is 822. The highest BCUT2D eigenvalue weighted by Gasteiger charge is 2.11. The van der Waals surface area contributed by atoms with Gasteiger partial charge in [0.1, 0.15) is 0 Å². The minimum Gasteiger partial charge on any atom is -0.434 e. The fraction of sp³-hybridized carbons (Fsp3) is 0.200. The van der Waals surface area contributed by atoms with Crippen molar-refractivity contribution in [3.63, 3.8) is 0 Å². The second-order valence-electron chi connectivity index (χ2n) is 6.15. The molecule has 0 atom stereocenters. The molecule has 0 saturated heterocycles. The molecule has 3 rings (SSSR count). The predicted molar refractivity (Wildman–Crippen MR) is 94.3 cm³/mol. The summed E-state index contributed by atoms with van der Waals surface area (Å²) in [5, 5.41) is 0. The predicted octanol–water partition coefficient (Wildman–Crippen LogP) is 5.13. The molecule has 1 aromatic carbocycles. The second-order valence-corrected chi connectivity index (χ2v) is 6.15. The van der Waals surface area contributed by atoms with Crippen molar-refractivity contribution < 1.29 is 4.42 Å². The number of allylic oxidation sites excluding steroid dienone is 2. The lowest BCUT2D eigenvalue weighted by atomic mass is 9.98. The molecule has 0 saturated carbocycles. The summed E-state index contributed by atoms with van der Waals surface area (Å²) in [5.41, 5.74) is 6.98. The first-order valence-electron chi connectivity index (χ1n) is 7.65. The van der Waals surface area contributed by atoms with Crippen LogP contribution in [-0.4, -0.2) is 9.97 Å². The Kier molecular flexibility index (Phi) is 4.11. The smallest absolute Gasteiger partial charge is 0.228 e. The molecule has 0 amide bonds. The van der Waals surface area contributed by atoms with Crippen LogP contribution in [0.5, 0.6) is 0 Å². The van der Waals surface area contributed by atoms with Crippen molar-refractivity contribution in [1.82, 2.24) is 9.97 Å². The van der Waals surface area contributed by atoms with E-state index in [1.807, 2.05) is 26.0 Å². The zero-order chi connectivity index (χ0) is 16.4. The molecule has 0 N–H and O–H groups in total. The lowest BCUT2D eigenvalue weighted by Gasteiger charge is -2.08. The monoisotopic (exact) mass is 304 g/mol. The molecule has 23 heavy (non-hydrogen) atoms. The maximum Gasteiger partial charge on any atom is 0.228 e. The fourth-order valence-corrected chi connectivity index (χ4v) is 2.68. The van der Waals surface area contributed by atoms with Crippen LogP contribution < -0.4 is 0 Å². The summed E-state index contributed by atoms with van der Waals surface area (Å²) in [5.74, 6) is 0.602. The van der Waals surface area contributed by atoms with Crippen LogP contribution in [0.3, 0.4) is 0 Å². The molecule has 116 valence electrons. The first-order valence-corrected chi connectivity index (χ1v) is 7.65. The van der Waals surface area contributed by atoms with Gasteiger partial charge in [0.2, 0.25) is 5.89 Å². The number of hydrogen-bond acceptors (Lipinski definition) is 3. The number of fused-ring (bicyclic) bond motifs is 1. The van der Waals surface area contributed by atoms with E-state index in [-0.39, 0.29) is 0 Å². The van der Waals surface area contributed by atoms with Crippen molar-refractivity contribution in [2.75, 3.05) is 0 Å². The van der Waals surface area contributed by atoms with Gasteiger partial charge in [-0.05, 0) is 62.1 Å². The zero-order valence-corrected chi connectivity index (χ0v) is 13.6. The second kappa shape index (κ2) is 6.21. The summed E-state index contributed by atoms with van der Waals surface area (Å²) < 4.78 is 5.86. The van der Waals surface area contributed by atoms with Crippen LogP contribution in [0.25, 0.3) is 22.7 Å². The van der Waals surface area contributed by atoms with Gasteiger partial charge in [0.15, 0.2) is 11.2 Å². The SMILES string of the molecule is C=C(C)Cc1cc(CC(=C)C)cc(-c2nc3ncccc3o2)c1. The van der Waals surface area contributed by atoms with Gasteiger partial charge in [-0.15, -0.1) is 0 Å². The lowest BCUT2D eigenvalue weighted by Crippen LogP contribution is -1.93. The van der Waals surface area contributed by atoms with E-state index in [0.717, 1.165) is 29.6 Å². The van der Waals surface area contributed by atoms with E-state index in [2.05, 4.69) is 41.3 Å². The molecule has 3 heteroatoms. The highest BCUT2D eigenvalue weighted by Crippen LogP contribution is 2.26. The normalized spacial score (nSPS) is 10.9. The zero-order valence-electron chi connectivity index (χ0n) is 13.6. The molecule has 3 nitrogen and oxygen atoms in total. The van der Waals surface area contributed by atoms with Gasteiger partial charge in [0.25, 0.3) is 0 Å². The molecule has 0 aliphatic rings. The Morgan fingerprint density at radius 2 is 1.70 bits per heavy atom. The van der Waals surface area contributed by atoms with Gasteiger partial charge in [0, 0.05) is 11.8 Å². The van der Waals surface area contributed by atoms with E-state index in [1.165, 1.54) is 11.1 Å². The van der Waals surface area contributed by atoms with Crippen LogP contribution in [0.1, 0.15) is 25.0 Å². The summed E-state index contributed by atoms with van der Waals surface area (Å²) in [6.07, 6.45) is 3.41. The number of rotatable bonds is 5. The molecule has 0 bridgehead atoms. The quantitative estimate of drug-likeness (QED) is 0.614. The average Bonchev–Trinajstić information content (AvgIpc) is 2.89. The van der Waals surface area contributed by atoms with E-state index in [4.69, 9.17) is 4.42 Å². The maximum atomic E-state index is 5.86. The Labute approximate surface area is 136 Å². The molecule has 0 fully saturated rings. The third-order valence-electron chi connectivity index (χ3n) is 3.48. The Morgan fingerprint density at radius 1 is 1.04 bits per heavy atom. The van der Waals surface area contributed by atoms with Crippen molar-refractivity contribution in [2.45, 2.75) is 26.7 Å².